The molecule has 0 radical (unpaired) electrons. The predicted octanol–water partition coefficient (Wildman–Crippen LogP) is 5.43. The smallest absolute Gasteiger partial charge is 0.181 e. The number of aromatic nitrogens is 6. The lowest BCUT2D eigenvalue weighted by Crippen LogP contribution is -2.10. The van der Waals surface area contributed by atoms with E-state index in [1.807, 2.05) is 44.8 Å². The van der Waals surface area contributed by atoms with Crippen LogP contribution in [0.15, 0.2) is 73.3 Å². The Hall–Kier alpha value is -4.43. The van der Waals surface area contributed by atoms with E-state index in [-0.39, 0.29) is 5.82 Å². The van der Waals surface area contributed by atoms with E-state index in [4.69, 9.17) is 0 Å². The molecule has 0 aliphatic rings. The molecular weight excluding hydrogens is 441 g/mol. The summed E-state index contributed by atoms with van der Waals surface area (Å²) in [6.45, 7) is 0.811. The number of halogens is 1. The lowest BCUT2D eigenvalue weighted by atomic mass is 10.0. The lowest BCUT2D eigenvalue weighted by molar-refractivity contribution is 0.402. The maximum atomic E-state index is 13.4. The average molecular weight is 464 g/mol. The van der Waals surface area contributed by atoms with Crippen LogP contribution in [0.3, 0.4) is 0 Å². The summed E-state index contributed by atoms with van der Waals surface area (Å²) in [6.07, 6.45) is 7.31. The second kappa shape index (κ2) is 8.41. The molecule has 0 spiro atoms. The molecule has 6 rings (SSSR count). The number of hydrogen-bond donors (Lipinski definition) is 2. The van der Waals surface area contributed by atoms with Crippen LogP contribution in [-0.4, -0.2) is 49.1 Å². The summed E-state index contributed by atoms with van der Waals surface area (Å²) < 4.78 is 13.4. The van der Waals surface area contributed by atoms with Crippen LogP contribution in [0, 0.1) is 5.82 Å². The van der Waals surface area contributed by atoms with E-state index in [9.17, 15) is 4.39 Å². The molecule has 0 saturated carbocycles. The minimum atomic E-state index is -0.261. The standard InChI is InChI=1S/C27H22FN7/c1-35(2)15-16-9-18(13-29-12-16)19-10-23-25(33-34-27(23)31-14-19)24-11-22-21(7-8-30-26(22)32-24)17-3-5-20(28)6-4-17/h3-14H,15H2,1-2H3,(H,30,32)(H,31,33,34). The molecule has 0 fully saturated rings. The van der Waals surface area contributed by atoms with Crippen molar-refractivity contribution in [3.8, 4) is 33.6 Å². The Morgan fingerprint density at radius 1 is 0.857 bits per heavy atom. The first-order valence-electron chi connectivity index (χ1n) is 11.2. The molecule has 0 unspecified atom stereocenters. The van der Waals surface area contributed by atoms with Gasteiger partial charge in [-0.2, -0.15) is 5.10 Å². The van der Waals surface area contributed by atoms with Crippen molar-refractivity contribution in [3.63, 3.8) is 0 Å². The molecule has 0 bridgehead atoms. The van der Waals surface area contributed by atoms with Crippen LogP contribution in [0.4, 0.5) is 4.39 Å². The van der Waals surface area contributed by atoms with Crippen molar-refractivity contribution in [1.29, 1.82) is 0 Å². The van der Waals surface area contributed by atoms with E-state index < -0.39 is 0 Å². The van der Waals surface area contributed by atoms with Crippen molar-refractivity contribution in [2.75, 3.05) is 14.1 Å². The molecule has 8 heteroatoms. The molecule has 0 aliphatic carbocycles. The zero-order chi connectivity index (χ0) is 23.9. The minimum absolute atomic E-state index is 0.261. The van der Waals surface area contributed by atoms with Crippen molar-refractivity contribution >= 4 is 22.1 Å². The number of benzene rings is 1. The van der Waals surface area contributed by atoms with Crippen LogP contribution in [0.25, 0.3) is 55.7 Å². The molecule has 0 atom stereocenters. The van der Waals surface area contributed by atoms with E-state index in [0.29, 0.717) is 5.65 Å². The molecule has 0 amide bonds. The van der Waals surface area contributed by atoms with Gasteiger partial charge in [0.15, 0.2) is 5.65 Å². The molecule has 7 nitrogen and oxygen atoms in total. The first kappa shape index (κ1) is 21.1. The molecule has 5 aromatic heterocycles. The van der Waals surface area contributed by atoms with Gasteiger partial charge in [-0.3, -0.25) is 10.1 Å². The molecule has 2 N–H and O–H groups in total. The molecule has 0 saturated heterocycles. The van der Waals surface area contributed by atoms with Crippen molar-refractivity contribution in [2.45, 2.75) is 6.54 Å². The maximum absolute atomic E-state index is 13.4. The molecule has 6 aromatic rings. The molecule has 5 heterocycles. The van der Waals surface area contributed by atoms with Gasteiger partial charge in [-0.15, -0.1) is 0 Å². The number of nitrogens with zero attached hydrogens (tertiary/aromatic N) is 5. The topological polar surface area (TPSA) is 86.4 Å². The van der Waals surface area contributed by atoms with Crippen LogP contribution >= 0.6 is 0 Å². The second-order valence-electron chi connectivity index (χ2n) is 8.82. The number of nitrogens with one attached hydrogen (secondary N) is 2. The molecule has 172 valence electrons. The van der Waals surface area contributed by atoms with E-state index in [1.54, 1.807) is 18.3 Å². The first-order chi connectivity index (χ1) is 17.0. The van der Waals surface area contributed by atoms with Gasteiger partial charge in [-0.05, 0) is 67.2 Å². The van der Waals surface area contributed by atoms with Gasteiger partial charge >= 0.3 is 0 Å². The van der Waals surface area contributed by atoms with Gasteiger partial charge in [0.25, 0.3) is 0 Å². The third kappa shape index (κ3) is 3.94. The molecule has 0 aliphatic heterocycles. The van der Waals surface area contributed by atoms with E-state index >= 15 is 0 Å². The van der Waals surface area contributed by atoms with Crippen molar-refractivity contribution in [3.05, 3.63) is 84.7 Å². The van der Waals surface area contributed by atoms with Crippen LogP contribution in [0.1, 0.15) is 5.56 Å². The minimum Gasteiger partial charge on any atom is -0.338 e. The monoisotopic (exact) mass is 463 g/mol. The summed E-state index contributed by atoms with van der Waals surface area (Å²) in [5.41, 5.74) is 8.06. The van der Waals surface area contributed by atoms with Gasteiger partial charge in [-0.25, -0.2) is 14.4 Å². The number of fused-ring (bicyclic) bond motifs is 2. The Labute approximate surface area is 200 Å². The summed E-state index contributed by atoms with van der Waals surface area (Å²) in [6, 6.07) is 14.7. The Morgan fingerprint density at radius 3 is 2.51 bits per heavy atom. The lowest BCUT2D eigenvalue weighted by Gasteiger charge is -2.10. The van der Waals surface area contributed by atoms with Crippen LogP contribution in [0.2, 0.25) is 0 Å². The fourth-order valence-corrected chi connectivity index (χ4v) is 4.40. The Balaban J connectivity index is 1.44. The summed E-state index contributed by atoms with van der Waals surface area (Å²) in [7, 11) is 4.07. The van der Waals surface area contributed by atoms with Crippen LogP contribution < -0.4 is 0 Å². The zero-order valence-corrected chi connectivity index (χ0v) is 19.2. The number of hydrogen-bond acceptors (Lipinski definition) is 5. The van der Waals surface area contributed by atoms with Gasteiger partial charge in [0.05, 0.1) is 11.4 Å². The fraction of sp³-hybridized carbons (Fsp3) is 0.111. The van der Waals surface area contributed by atoms with Crippen molar-refractivity contribution in [2.24, 2.45) is 0 Å². The molecular formula is C27H22FN7. The van der Waals surface area contributed by atoms with Crippen LogP contribution in [-0.2, 0) is 6.54 Å². The number of rotatable bonds is 5. The SMILES string of the molecule is CN(C)Cc1cncc(-c2cnc3n[nH]c(-c4cc5c(-c6ccc(F)cc6)ccnc5[nH]4)c3c2)c1. The highest BCUT2D eigenvalue weighted by molar-refractivity contribution is 5.99. The first-order valence-corrected chi connectivity index (χ1v) is 11.2. The van der Waals surface area contributed by atoms with Crippen molar-refractivity contribution < 1.29 is 4.39 Å². The van der Waals surface area contributed by atoms with Gasteiger partial charge < -0.3 is 9.88 Å². The average Bonchev–Trinajstić information content (AvgIpc) is 3.48. The quantitative estimate of drug-likeness (QED) is 0.356. The normalized spacial score (nSPS) is 11.7. The number of pyridine rings is 3. The number of H-pyrrole nitrogens is 2. The summed E-state index contributed by atoms with van der Waals surface area (Å²) in [5.74, 6) is -0.261. The van der Waals surface area contributed by atoms with E-state index in [1.165, 1.54) is 12.1 Å². The zero-order valence-electron chi connectivity index (χ0n) is 19.2. The molecule has 1 aromatic carbocycles. The Kier molecular flexibility index (Phi) is 5.08. The van der Waals surface area contributed by atoms with E-state index in [0.717, 1.165) is 62.2 Å². The third-order valence-electron chi connectivity index (χ3n) is 5.99. The highest BCUT2D eigenvalue weighted by atomic mass is 19.1. The van der Waals surface area contributed by atoms with Gasteiger partial charge in [0.1, 0.15) is 11.5 Å². The number of aromatic amines is 2. The summed E-state index contributed by atoms with van der Waals surface area (Å²) >= 11 is 0. The van der Waals surface area contributed by atoms with Gasteiger partial charge in [0.2, 0.25) is 0 Å². The summed E-state index contributed by atoms with van der Waals surface area (Å²) in [4.78, 5) is 19.0. The van der Waals surface area contributed by atoms with E-state index in [2.05, 4.69) is 47.2 Å². The fourth-order valence-electron chi connectivity index (χ4n) is 4.40. The highest BCUT2D eigenvalue weighted by Crippen LogP contribution is 2.34. The van der Waals surface area contributed by atoms with Crippen LogP contribution in [0.5, 0.6) is 0 Å². The maximum Gasteiger partial charge on any atom is 0.181 e. The van der Waals surface area contributed by atoms with Gasteiger partial charge in [0, 0.05) is 53.2 Å². The van der Waals surface area contributed by atoms with Crippen molar-refractivity contribution in [1.82, 2.24) is 35.0 Å². The summed E-state index contributed by atoms with van der Waals surface area (Å²) in [5, 5.41) is 9.38. The second-order valence-corrected chi connectivity index (χ2v) is 8.82. The largest absolute Gasteiger partial charge is 0.338 e. The Morgan fingerprint density at radius 2 is 1.69 bits per heavy atom. The Bertz CT molecular complexity index is 1670. The molecule has 35 heavy (non-hydrogen) atoms. The third-order valence-corrected chi connectivity index (χ3v) is 5.99. The van der Waals surface area contributed by atoms with Gasteiger partial charge in [-0.1, -0.05) is 12.1 Å². The highest BCUT2D eigenvalue weighted by Gasteiger charge is 2.15. The predicted molar refractivity (Wildman–Crippen MR) is 135 cm³/mol.